The van der Waals surface area contributed by atoms with E-state index in [1.54, 1.807) is 48.5 Å². The van der Waals surface area contributed by atoms with Crippen molar-refractivity contribution in [2.75, 3.05) is 5.32 Å². The lowest BCUT2D eigenvalue weighted by atomic mass is 10.1. The van der Waals surface area contributed by atoms with Crippen molar-refractivity contribution < 1.29 is 14.9 Å². The molecule has 3 aromatic carbocycles. The zero-order valence-corrected chi connectivity index (χ0v) is 15.3. The van der Waals surface area contributed by atoms with Gasteiger partial charge in [-0.2, -0.15) is 9.99 Å². The van der Waals surface area contributed by atoms with Gasteiger partial charge in [0.1, 0.15) is 5.52 Å². The SMILES string of the molecule is N#Cc1ccc(C(=O)Nc2ccc(-c3nc4ccc([N+](=O)[O-])cc4n3O)cc2)cc1. The van der Waals surface area contributed by atoms with Crippen molar-refractivity contribution in [1.29, 1.82) is 5.26 Å². The van der Waals surface area contributed by atoms with Gasteiger partial charge in [0.2, 0.25) is 0 Å². The van der Waals surface area contributed by atoms with Gasteiger partial charge in [-0.1, -0.05) is 0 Å². The molecule has 0 fully saturated rings. The first-order valence-electron chi connectivity index (χ1n) is 8.74. The minimum atomic E-state index is -0.544. The van der Waals surface area contributed by atoms with Crippen LogP contribution in [0.5, 0.6) is 0 Å². The molecule has 0 radical (unpaired) electrons. The molecule has 2 N–H and O–H groups in total. The molecular weight excluding hydrogens is 386 g/mol. The fourth-order valence-electron chi connectivity index (χ4n) is 2.95. The summed E-state index contributed by atoms with van der Waals surface area (Å²) in [6.45, 7) is 0. The van der Waals surface area contributed by atoms with Crippen molar-refractivity contribution in [3.05, 3.63) is 88.0 Å². The Morgan fingerprint density at radius 3 is 2.43 bits per heavy atom. The average molecular weight is 399 g/mol. The Labute approximate surface area is 169 Å². The van der Waals surface area contributed by atoms with Gasteiger partial charge in [0.15, 0.2) is 5.82 Å². The third kappa shape index (κ3) is 3.41. The molecule has 0 aliphatic carbocycles. The van der Waals surface area contributed by atoms with Gasteiger partial charge in [-0.05, 0) is 54.6 Å². The number of nitriles is 1. The molecule has 0 unspecified atom stereocenters. The summed E-state index contributed by atoms with van der Waals surface area (Å²) in [5.41, 5.74) is 2.46. The van der Waals surface area contributed by atoms with Crippen LogP contribution in [0.1, 0.15) is 15.9 Å². The lowest BCUT2D eigenvalue weighted by Gasteiger charge is -2.07. The molecule has 0 atom stereocenters. The summed E-state index contributed by atoms with van der Waals surface area (Å²) in [5, 5.41) is 32.9. The van der Waals surface area contributed by atoms with E-state index in [-0.39, 0.29) is 22.9 Å². The third-order valence-electron chi connectivity index (χ3n) is 4.50. The minimum absolute atomic E-state index is 0.148. The largest absolute Gasteiger partial charge is 0.426 e. The highest BCUT2D eigenvalue weighted by atomic mass is 16.6. The number of nitro benzene ring substituents is 1. The smallest absolute Gasteiger partial charge is 0.271 e. The number of carbonyl (C=O) groups is 1. The number of nitrogens with one attached hydrogen (secondary N) is 1. The zero-order chi connectivity index (χ0) is 21.3. The van der Waals surface area contributed by atoms with Gasteiger partial charge in [0, 0.05) is 28.9 Å². The van der Waals surface area contributed by atoms with Crippen LogP contribution in [-0.4, -0.2) is 25.8 Å². The zero-order valence-electron chi connectivity index (χ0n) is 15.3. The molecule has 0 spiro atoms. The number of nitro groups is 1. The molecule has 4 rings (SSSR count). The lowest BCUT2D eigenvalue weighted by molar-refractivity contribution is -0.384. The molecule has 9 heteroatoms. The van der Waals surface area contributed by atoms with Crippen molar-refractivity contribution in [2.45, 2.75) is 0 Å². The van der Waals surface area contributed by atoms with Gasteiger partial charge in [0.25, 0.3) is 11.6 Å². The van der Waals surface area contributed by atoms with E-state index >= 15 is 0 Å². The molecule has 0 aliphatic heterocycles. The van der Waals surface area contributed by atoms with Crippen LogP contribution in [0.2, 0.25) is 0 Å². The maximum absolute atomic E-state index is 12.3. The minimum Gasteiger partial charge on any atom is -0.426 e. The number of aromatic nitrogens is 2. The van der Waals surface area contributed by atoms with Crippen LogP contribution in [0.4, 0.5) is 11.4 Å². The second-order valence-electron chi connectivity index (χ2n) is 6.40. The number of carbonyl (C=O) groups excluding carboxylic acids is 1. The van der Waals surface area contributed by atoms with Crippen molar-refractivity contribution in [2.24, 2.45) is 0 Å². The van der Waals surface area contributed by atoms with E-state index in [1.807, 2.05) is 6.07 Å². The number of imidazole rings is 1. The Bertz CT molecular complexity index is 1320. The second-order valence-corrected chi connectivity index (χ2v) is 6.40. The highest BCUT2D eigenvalue weighted by molar-refractivity contribution is 6.04. The molecule has 1 heterocycles. The Morgan fingerprint density at radius 1 is 1.10 bits per heavy atom. The summed E-state index contributed by atoms with van der Waals surface area (Å²) in [7, 11) is 0. The van der Waals surface area contributed by atoms with E-state index in [1.165, 1.54) is 18.2 Å². The van der Waals surface area contributed by atoms with Gasteiger partial charge in [0.05, 0.1) is 22.1 Å². The van der Waals surface area contributed by atoms with Crippen LogP contribution >= 0.6 is 0 Å². The average Bonchev–Trinajstić information content (AvgIpc) is 3.10. The predicted octanol–water partition coefficient (Wildman–Crippen LogP) is 3.97. The van der Waals surface area contributed by atoms with Crippen molar-refractivity contribution in [1.82, 2.24) is 9.71 Å². The number of benzene rings is 3. The van der Waals surface area contributed by atoms with Crippen LogP contribution in [0, 0.1) is 21.4 Å². The third-order valence-corrected chi connectivity index (χ3v) is 4.50. The van der Waals surface area contributed by atoms with Crippen LogP contribution in [-0.2, 0) is 0 Å². The predicted molar refractivity (Wildman–Crippen MR) is 108 cm³/mol. The highest BCUT2D eigenvalue weighted by Gasteiger charge is 2.16. The van der Waals surface area contributed by atoms with Crippen LogP contribution in [0.3, 0.4) is 0 Å². The maximum atomic E-state index is 12.3. The molecule has 146 valence electrons. The van der Waals surface area contributed by atoms with Crippen molar-refractivity contribution >= 4 is 28.3 Å². The van der Waals surface area contributed by atoms with Gasteiger partial charge in [-0.3, -0.25) is 14.9 Å². The molecule has 0 saturated heterocycles. The Balaban J connectivity index is 1.57. The number of hydrogen-bond acceptors (Lipinski definition) is 6. The van der Waals surface area contributed by atoms with E-state index in [4.69, 9.17) is 5.26 Å². The fourth-order valence-corrected chi connectivity index (χ4v) is 2.95. The number of hydrogen-bond donors (Lipinski definition) is 2. The van der Waals surface area contributed by atoms with Gasteiger partial charge >= 0.3 is 0 Å². The Kier molecular flexibility index (Phi) is 4.58. The number of non-ortho nitro benzene ring substituents is 1. The van der Waals surface area contributed by atoms with E-state index in [9.17, 15) is 20.1 Å². The molecular formula is C21H13N5O4. The van der Waals surface area contributed by atoms with E-state index in [0.717, 1.165) is 4.73 Å². The molecule has 0 aliphatic rings. The molecule has 0 saturated carbocycles. The number of anilines is 1. The molecule has 1 amide bonds. The van der Waals surface area contributed by atoms with Crippen molar-refractivity contribution in [3.8, 4) is 17.5 Å². The molecule has 4 aromatic rings. The quantitative estimate of drug-likeness (QED) is 0.303. The summed E-state index contributed by atoms with van der Waals surface area (Å²) in [4.78, 5) is 27.0. The summed E-state index contributed by atoms with van der Waals surface area (Å²) in [6.07, 6.45) is 0. The molecule has 0 bridgehead atoms. The van der Waals surface area contributed by atoms with E-state index < -0.39 is 4.92 Å². The summed E-state index contributed by atoms with van der Waals surface area (Å²) < 4.78 is 0.798. The Hall–Kier alpha value is -4.71. The topological polar surface area (TPSA) is 134 Å². The standard InChI is InChI=1S/C21H13N5O4/c22-12-13-1-3-15(4-2-13)21(27)23-16-7-5-14(6-8-16)20-24-18-10-9-17(26(29)30)11-19(18)25(20)28/h1-11,28H,(H,23,27). The fraction of sp³-hybridized carbons (Fsp3) is 0. The van der Waals surface area contributed by atoms with Crippen LogP contribution < -0.4 is 5.32 Å². The van der Waals surface area contributed by atoms with Gasteiger partial charge in [-0.25, -0.2) is 4.98 Å². The van der Waals surface area contributed by atoms with Crippen molar-refractivity contribution in [3.63, 3.8) is 0 Å². The van der Waals surface area contributed by atoms with Gasteiger partial charge in [-0.15, -0.1) is 0 Å². The van der Waals surface area contributed by atoms with Crippen LogP contribution in [0.15, 0.2) is 66.7 Å². The van der Waals surface area contributed by atoms with E-state index in [2.05, 4.69) is 10.3 Å². The number of nitrogens with zero attached hydrogens (tertiary/aromatic N) is 4. The first kappa shape index (κ1) is 18.6. The Morgan fingerprint density at radius 2 is 1.80 bits per heavy atom. The summed E-state index contributed by atoms with van der Waals surface area (Å²) >= 11 is 0. The normalized spacial score (nSPS) is 10.5. The number of amides is 1. The molecule has 30 heavy (non-hydrogen) atoms. The second kappa shape index (κ2) is 7.37. The molecule has 9 nitrogen and oxygen atoms in total. The van der Waals surface area contributed by atoms with E-state index in [0.29, 0.717) is 27.9 Å². The summed E-state index contributed by atoms with van der Waals surface area (Å²) in [5.74, 6) is -0.107. The monoisotopic (exact) mass is 399 g/mol. The first-order valence-corrected chi connectivity index (χ1v) is 8.74. The molecule has 1 aromatic heterocycles. The maximum Gasteiger partial charge on any atom is 0.271 e. The highest BCUT2D eigenvalue weighted by Crippen LogP contribution is 2.27. The number of fused-ring (bicyclic) bond motifs is 1. The first-order chi connectivity index (χ1) is 14.5. The van der Waals surface area contributed by atoms with Gasteiger partial charge < -0.3 is 10.5 Å². The summed E-state index contributed by atoms with van der Waals surface area (Å²) in [6, 6.07) is 18.9. The lowest BCUT2D eigenvalue weighted by Crippen LogP contribution is -2.11. The number of rotatable bonds is 4. The van der Waals surface area contributed by atoms with Crippen LogP contribution in [0.25, 0.3) is 22.4 Å².